The number of hydrogen-bond acceptors (Lipinski definition) is 12. The van der Waals surface area contributed by atoms with Gasteiger partial charge in [-0.15, -0.1) is 0 Å². The second-order valence-corrected chi connectivity index (χ2v) is 3.97. The molecular formula is C12O12-6. The van der Waals surface area contributed by atoms with E-state index in [1.165, 1.54) is 0 Å². The lowest BCUT2D eigenvalue weighted by atomic mass is 9.86. The summed E-state index contributed by atoms with van der Waals surface area (Å²) in [6.07, 6.45) is 0. The van der Waals surface area contributed by atoms with E-state index in [0.29, 0.717) is 0 Å². The van der Waals surface area contributed by atoms with Crippen LogP contribution >= 0.6 is 0 Å². The topological polar surface area (TPSA) is 241 Å². The molecule has 0 fully saturated rings. The zero-order chi connectivity index (χ0) is 18.9. The van der Waals surface area contributed by atoms with Crippen LogP contribution in [0.4, 0.5) is 0 Å². The van der Waals surface area contributed by atoms with Crippen LogP contribution in [0.25, 0.3) is 0 Å². The largest absolute Gasteiger partial charge is 0.545 e. The third kappa shape index (κ3) is 2.70. The fraction of sp³-hybridized carbons (Fsp3) is 0. The highest BCUT2D eigenvalue weighted by atomic mass is 16.4. The molecular weight excluding hydrogens is 336 g/mol. The molecule has 0 aliphatic carbocycles. The van der Waals surface area contributed by atoms with Gasteiger partial charge in [0.1, 0.15) is 0 Å². The first kappa shape index (κ1) is 18.1. The van der Waals surface area contributed by atoms with Crippen LogP contribution in [0.3, 0.4) is 0 Å². The molecule has 0 unspecified atom stereocenters. The quantitative estimate of drug-likeness (QED) is 0.470. The molecule has 0 spiro atoms. The zero-order valence-electron chi connectivity index (χ0n) is 10.9. The molecule has 1 aromatic carbocycles. The molecule has 0 heterocycles. The van der Waals surface area contributed by atoms with Crippen molar-refractivity contribution in [3.05, 3.63) is 33.4 Å². The highest BCUT2D eigenvalue weighted by Gasteiger charge is 2.27. The molecule has 24 heavy (non-hydrogen) atoms. The number of carboxylic acid groups (broad SMARTS) is 6. The molecule has 1 rings (SSSR count). The Hall–Kier alpha value is -3.96. The van der Waals surface area contributed by atoms with Gasteiger partial charge in [-0.2, -0.15) is 0 Å². The van der Waals surface area contributed by atoms with E-state index < -0.39 is 69.2 Å². The van der Waals surface area contributed by atoms with Crippen molar-refractivity contribution in [2.75, 3.05) is 0 Å². The molecule has 0 aliphatic heterocycles. The average Bonchev–Trinajstić information content (AvgIpc) is 2.42. The Morgan fingerprint density at radius 3 is 0.458 bits per heavy atom. The van der Waals surface area contributed by atoms with Crippen LogP contribution in [0.2, 0.25) is 0 Å². The van der Waals surface area contributed by atoms with Crippen molar-refractivity contribution in [1.82, 2.24) is 0 Å². The summed E-state index contributed by atoms with van der Waals surface area (Å²) in [6.45, 7) is 0. The number of carbonyl (C=O) groups is 6. The number of rotatable bonds is 6. The highest BCUT2D eigenvalue weighted by Crippen LogP contribution is 2.27. The first-order chi connectivity index (χ1) is 10.9. The predicted octanol–water partition coefficient (Wildman–Crippen LogP) is -8.13. The van der Waals surface area contributed by atoms with Crippen LogP contribution < -0.4 is 30.6 Å². The predicted molar refractivity (Wildman–Crippen MR) is 52.4 cm³/mol. The van der Waals surface area contributed by atoms with E-state index in [0.717, 1.165) is 0 Å². The van der Waals surface area contributed by atoms with E-state index in [9.17, 15) is 59.4 Å². The summed E-state index contributed by atoms with van der Waals surface area (Å²) in [5, 5.41) is 66.0. The van der Waals surface area contributed by atoms with Crippen LogP contribution in [0.5, 0.6) is 0 Å². The minimum Gasteiger partial charge on any atom is -0.545 e. The normalized spacial score (nSPS) is 10.0. The molecule has 0 amide bonds. The first-order valence-electron chi connectivity index (χ1n) is 5.45. The standard InChI is InChI=1S/C12H6O12/c13-7(14)1-2(8(15)16)4(10(19)20)6(12(23)24)5(11(21)22)3(1)9(17)18/h(H,13,14)(H,15,16)(H,17,18)(H,19,20)(H,21,22)(H,23,24)/p-6. The monoisotopic (exact) mass is 336 g/mol. The van der Waals surface area contributed by atoms with E-state index >= 15 is 0 Å². The molecule has 0 aromatic heterocycles. The van der Waals surface area contributed by atoms with Crippen molar-refractivity contribution in [3.8, 4) is 0 Å². The Morgan fingerprint density at radius 1 is 0.333 bits per heavy atom. The van der Waals surface area contributed by atoms with Gasteiger partial charge in [0.2, 0.25) is 0 Å². The van der Waals surface area contributed by atoms with Crippen molar-refractivity contribution in [3.63, 3.8) is 0 Å². The maximum Gasteiger partial charge on any atom is 0.0729 e. The summed E-state index contributed by atoms with van der Waals surface area (Å²) < 4.78 is 0. The minimum atomic E-state index is -2.66. The first-order valence-corrected chi connectivity index (χ1v) is 5.45. The van der Waals surface area contributed by atoms with Gasteiger partial charge in [-0.25, -0.2) is 0 Å². The maximum absolute atomic E-state index is 11.0. The maximum atomic E-state index is 11.0. The molecule has 1 aromatic rings. The molecule has 12 heteroatoms. The minimum absolute atomic E-state index is 2.00. The lowest BCUT2D eigenvalue weighted by molar-refractivity contribution is -0.265. The number of carbonyl (C=O) groups excluding carboxylic acids is 6. The number of hydrogen-bond donors (Lipinski definition) is 0. The summed E-state index contributed by atoms with van der Waals surface area (Å²) in [5.74, 6) is -16.0. The summed E-state index contributed by atoms with van der Waals surface area (Å²) in [7, 11) is 0. The Kier molecular flexibility index (Phi) is 4.55. The van der Waals surface area contributed by atoms with Crippen molar-refractivity contribution < 1.29 is 59.4 Å². The van der Waals surface area contributed by atoms with Gasteiger partial charge in [0.05, 0.1) is 35.8 Å². The Bertz CT molecular complexity index is 633. The number of aromatic carboxylic acids is 6. The summed E-state index contributed by atoms with van der Waals surface area (Å²) >= 11 is 0. The van der Waals surface area contributed by atoms with Crippen LogP contribution in [0.1, 0.15) is 62.1 Å². The zero-order valence-corrected chi connectivity index (χ0v) is 10.9. The Labute approximate surface area is 129 Å². The highest BCUT2D eigenvalue weighted by molar-refractivity contribution is 6.21. The lowest BCUT2D eigenvalue weighted by Crippen LogP contribution is -2.44. The molecule has 0 aliphatic rings. The van der Waals surface area contributed by atoms with Crippen molar-refractivity contribution in [2.24, 2.45) is 0 Å². The fourth-order valence-corrected chi connectivity index (χ4v) is 1.97. The van der Waals surface area contributed by atoms with E-state index in [2.05, 4.69) is 0 Å². The summed E-state index contributed by atoms with van der Waals surface area (Å²) in [5.41, 5.74) is -12.0. The molecule has 0 atom stereocenters. The van der Waals surface area contributed by atoms with E-state index in [1.54, 1.807) is 0 Å². The molecule has 0 N–H and O–H groups in total. The van der Waals surface area contributed by atoms with E-state index in [-0.39, 0.29) is 0 Å². The molecule has 0 saturated heterocycles. The molecule has 0 radical (unpaired) electrons. The Balaban J connectivity index is 4.50. The van der Waals surface area contributed by atoms with Gasteiger partial charge in [0.15, 0.2) is 0 Å². The van der Waals surface area contributed by atoms with E-state index in [1.807, 2.05) is 0 Å². The van der Waals surface area contributed by atoms with E-state index in [4.69, 9.17) is 0 Å². The second kappa shape index (κ2) is 6.04. The third-order valence-electron chi connectivity index (χ3n) is 2.72. The van der Waals surface area contributed by atoms with Crippen molar-refractivity contribution >= 4 is 35.8 Å². The van der Waals surface area contributed by atoms with Crippen molar-refractivity contribution in [2.45, 2.75) is 0 Å². The lowest BCUT2D eigenvalue weighted by Gasteiger charge is -2.28. The SMILES string of the molecule is O=C([O-])c1c(C(=O)[O-])c(C(=O)[O-])c(C(=O)[O-])c(C(=O)[O-])c1C(=O)[O-]. The number of benzene rings is 1. The smallest absolute Gasteiger partial charge is 0.0729 e. The van der Waals surface area contributed by atoms with Crippen LogP contribution in [-0.4, -0.2) is 35.8 Å². The Morgan fingerprint density at radius 2 is 0.417 bits per heavy atom. The fourth-order valence-electron chi connectivity index (χ4n) is 1.97. The van der Waals surface area contributed by atoms with Crippen LogP contribution in [-0.2, 0) is 0 Å². The van der Waals surface area contributed by atoms with Crippen LogP contribution in [0, 0.1) is 0 Å². The van der Waals surface area contributed by atoms with Gasteiger partial charge in [-0.1, -0.05) is 0 Å². The molecule has 12 nitrogen and oxygen atoms in total. The summed E-state index contributed by atoms with van der Waals surface area (Å²) in [6, 6.07) is 0. The third-order valence-corrected chi connectivity index (χ3v) is 2.72. The van der Waals surface area contributed by atoms with Gasteiger partial charge >= 0.3 is 0 Å². The van der Waals surface area contributed by atoms with Crippen LogP contribution in [0.15, 0.2) is 0 Å². The van der Waals surface area contributed by atoms with Gasteiger partial charge in [-0.3, -0.25) is 0 Å². The molecule has 0 bridgehead atoms. The second-order valence-electron chi connectivity index (χ2n) is 3.97. The van der Waals surface area contributed by atoms with Gasteiger partial charge in [-0.05, 0) is 0 Å². The average molecular weight is 336 g/mol. The van der Waals surface area contributed by atoms with Gasteiger partial charge in [0.25, 0.3) is 0 Å². The summed E-state index contributed by atoms with van der Waals surface area (Å²) in [4.78, 5) is 66.0. The number of carboxylic acids is 6. The molecule has 126 valence electrons. The van der Waals surface area contributed by atoms with Gasteiger partial charge in [0, 0.05) is 33.4 Å². The molecule has 0 saturated carbocycles. The van der Waals surface area contributed by atoms with Gasteiger partial charge < -0.3 is 59.4 Å². The van der Waals surface area contributed by atoms with Crippen molar-refractivity contribution in [1.29, 1.82) is 0 Å².